The maximum Gasteiger partial charge on any atom is 0.105 e. The number of rotatable bonds is 0. The van der Waals surface area contributed by atoms with Crippen molar-refractivity contribution >= 4 is 22.6 Å². The number of aliphatic hydroxyl groups is 1. The Bertz CT molecular complexity index is 182. The maximum absolute atomic E-state index is 9.61. The van der Waals surface area contributed by atoms with E-state index in [-0.39, 0.29) is 6.23 Å². The van der Waals surface area contributed by atoms with Crippen LogP contribution in [0.1, 0.15) is 19.3 Å². The Morgan fingerprint density at radius 3 is 2.69 bits per heavy atom. The number of nitrogens with one attached hydrogen (secondary N) is 2. The average molecular weight is 296 g/mol. The highest BCUT2D eigenvalue weighted by Crippen LogP contribution is 2.42. The first-order valence-corrected chi connectivity index (χ1v) is 6.24. The van der Waals surface area contributed by atoms with Gasteiger partial charge in [0.05, 0.1) is 0 Å². The van der Waals surface area contributed by atoms with Gasteiger partial charge in [0.15, 0.2) is 0 Å². The molecule has 2 atom stereocenters. The molecule has 76 valence electrons. The SMILES string of the molecule is OC1CC2(CCNCC2)C(I)CN1. The molecule has 0 amide bonds. The first-order chi connectivity index (χ1) is 6.23. The first kappa shape index (κ1) is 10.1. The van der Waals surface area contributed by atoms with Crippen molar-refractivity contribution in [2.45, 2.75) is 29.4 Å². The summed E-state index contributed by atoms with van der Waals surface area (Å²) in [6, 6.07) is 0. The molecule has 2 rings (SSSR count). The zero-order valence-corrected chi connectivity index (χ0v) is 9.88. The first-order valence-electron chi connectivity index (χ1n) is 4.99. The van der Waals surface area contributed by atoms with E-state index in [4.69, 9.17) is 0 Å². The predicted octanol–water partition coefficient (Wildman–Crippen LogP) is 0.471. The topological polar surface area (TPSA) is 44.3 Å². The Hall–Kier alpha value is 0.610. The van der Waals surface area contributed by atoms with E-state index in [2.05, 4.69) is 33.2 Å². The highest BCUT2D eigenvalue weighted by atomic mass is 127. The molecule has 0 radical (unpaired) electrons. The molecular formula is C9H17IN2O. The third-order valence-electron chi connectivity index (χ3n) is 3.40. The molecule has 0 aliphatic carbocycles. The standard InChI is InChI=1S/C9H17IN2O/c10-7-6-12-8(13)5-9(7)1-3-11-4-2-9/h7-8,11-13H,1-6H2. The molecule has 2 unspecified atom stereocenters. The third kappa shape index (κ3) is 2.00. The Morgan fingerprint density at radius 1 is 1.31 bits per heavy atom. The number of hydrogen-bond acceptors (Lipinski definition) is 3. The molecule has 3 N–H and O–H groups in total. The molecule has 0 aromatic rings. The Labute approximate surface area is 92.8 Å². The van der Waals surface area contributed by atoms with Gasteiger partial charge in [-0.3, -0.25) is 5.32 Å². The highest BCUT2D eigenvalue weighted by Gasteiger charge is 2.42. The van der Waals surface area contributed by atoms with Crippen LogP contribution in [0.25, 0.3) is 0 Å². The molecule has 2 saturated heterocycles. The highest BCUT2D eigenvalue weighted by molar-refractivity contribution is 14.1. The zero-order chi connectivity index (χ0) is 9.31. The van der Waals surface area contributed by atoms with Crippen molar-refractivity contribution in [2.75, 3.05) is 19.6 Å². The van der Waals surface area contributed by atoms with E-state index in [1.165, 1.54) is 12.8 Å². The van der Waals surface area contributed by atoms with Crippen molar-refractivity contribution in [1.29, 1.82) is 0 Å². The molecule has 13 heavy (non-hydrogen) atoms. The van der Waals surface area contributed by atoms with E-state index in [0.717, 1.165) is 26.1 Å². The Kier molecular flexibility index (Phi) is 3.12. The summed E-state index contributed by atoms with van der Waals surface area (Å²) < 4.78 is 0.676. The molecule has 2 aliphatic heterocycles. The number of aliphatic hydroxyl groups excluding tert-OH is 1. The van der Waals surface area contributed by atoms with Crippen molar-refractivity contribution in [1.82, 2.24) is 10.6 Å². The van der Waals surface area contributed by atoms with Crippen LogP contribution in [-0.4, -0.2) is 34.9 Å². The lowest BCUT2D eigenvalue weighted by atomic mass is 9.71. The van der Waals surface area contributed by atoms with Crippen LogP contribution in [0.4, 0.5) is 0 Å². The molecule has 3 nitrogen and oxygen atoms in total. The number of piperidine rings is 2. The summed E-state index contributed by atoms with van der Waals surface area (Å²) in [5.74, 6) is 0. The van der Waals surface area contributed by atoms with Crippen molar-refractivity contribution < 1.29 is 5.11 Å². The Morgan fingerprint density at radius 2 is 2.00 bits per heavy atom. The lowest BCUT2D eigenvalue weighted by Crippen LogP contribution is -2.54. The minimum absolute atomic E-state index is 0.274. The molecule has 0 aromatic carbocycles. The average Bonchev–Trinajstić information content (AvgIpc) is 2.14. The molecule has 0 aromatic heterocycles. The molecule has 2 heterocycles. The zero-order valence-electron chi connectivity index (χ0n) is 7.72. The number of alkyl halides is 1. The van der Waals surface area contributed by atoms with Crippen LogP contribution in [-0.2, 0) is 0 Å². The van der Waals surface area contributed by atoms with Crippen molar-refractivity contribution in [3.05, 3.63) is 0 Å². The van der Waals surface area contributed by atoms with Crippen molar-refractivity contribution in [2.24, 2.45) is 5.41 Å². The fourth-order valence-electron chi connectivity index (χ4n) is 2.48. The second kappa shape index (κ2) is 4.00. The van der Waals surface area contributed by atoms with Crippen LogP contribution < -0.4 is 10.6 Å². The van der Waals surface area contributed by atoms with Crippen LogP contribution in [0.5, 0.6) is 0 Å². The van der Waals surface area contributed by atoms with E-state index in [0.29, 0.717) is 9.34 Å². The normalized spacial score (nSPS) is 39.2. The van der Waals surface area contributed by atoms with Gasteiger partial charge in [0, 0.05) is 10.5 Å². The van der Waals surface area contributed by atoms with Gasteiger partial charge >= 0.3 is 0 Å². The van der Waals surface area contributed by atoms with Gasteiger partial charge in [0.1, 0.15) is 6.23 Å². The van der Waals surface area contributed by atoms with Crippen LogP contribution in [0.15, 0.2) is 0 Å². The summed E-state index contributed by atoms with van der Waals surface area (Å²) in [7, 11) is 0. The smallest absolute Gasteiger partial charge is 0.105 e. The van der Waals surface area contributed by atoms with E-state index < -0.39 is 0 Å². The van der Waals surface area contributed by atoms with E-state index in [1.807, 2.05) is 0 Å². The summed E-state index contributed by atoms with van der Waals surface area (Å²) >= 11 is 2.54. The summed E-state index contributed by atoms with van der Waals surface area (Å²) in [6.07, 6.45) is 3.10. The van der Waals surface area contributed by atoms with E-state index in [1.54, 1.807) is 0 Å². The largest absolute Gasteiger partial charge is 0.379 e. The third-order valence-corrected chi connectivity index (χ3v) is 5.16. The summed E-state index contributed by atoms with van der Waals surface area (Å²) in [6.45, 7) is 3.19. The van der Waals surface area contributed by atoms with Gasteiger partial charge in [-0.1, -0.05) is 22.6 Å². The second-order valence-electron chi connectivity index (χ2n) is 4.21. The van der Waals surface area contributed by atoms with E-state index >= 15 is 0 Å². The van der Waals surface area contributed by atoms with Crippen molar-refractivity contribution in [3.63, 3.8) is 0 Å². The molecule has 0 saturated carbocycles. The van der Waals surface area contributed by atoms with Gasteiger partial charge in [0.2, 0.25) is 0 Å². The molecule has 2 aliphatic rings. The van der Waals surface area contributed by atoms with Gasteiger partial charge in [-0.2, -0.15) is 0 Å². The molecule has 1 spiro atoms. The van der Waals surface area contributed by atoms with Crippen LogP contribution in [0.3, 0.4) is 0 Å². The quantitative estimate of drug-likeness (QED) is 0.450. The number of halogens is 1. The van der Waals surface area contributed by atoms with Gasteiger partial charge in [0.25, 0.3) is 0 Å². The van der Waals surface area contributed by atoms with Crippen LogP contribution >= 0.6 is 22.6 Å². The second-order valence-corrected chi connectivity index (χ2v) is 5.71. The van der Waals surface area contributed by atoms with Gasteiger partial charge in [-0.25, -0.2) is 0 Å². The molecular weight excluding hydrogens is 279 g/mol. The summed E-state index contributed by atoms with van der Waals surface area (Å²) in [4.78, 5) is 0. The van der Waals surface area contributed by atoms with Gasteiger partial charge in [-0.15, -0.1) is 0 Å². The lowest BCUT2D eigenvalue weighted by molar-refractivity contribution is 0.0234. The Balaban J connectivity index is 2.07. The monoisotopic (exact) mass is 296 g/mol. The fraction of sp³-hybridized carbons (Fsp3) is 1.00. The number of hydrogen-bond donors (Lipinski definition) is 3. The lowest BCUT2D eigenvalue weighted by Gasteiger charge is -2.46. The van der Waals surface area contributed by atoms with Gasteiger partial charge in [-0.05, 0) is 37.8 Å². The fourth-order valence-corrected chi connectivity index (χ4v) is 3.61. The summed E-state index contributed by atoms with van der Waals surface area (Å²) in [5.41, 5.74) is 0.399. The van der Waals surface area contributed by atoms with E-state index in [9.17, 15) is 5.11 Å². The van der Waals surface area contributed by atoms with Gasteiger partial charge < -0.3 is 10.4 Å². The molecule has 4 heteroatoms. The van der Waals surface area contributed by atoms with Crippen molar-refractivity contribution in [3.8, 4) is 0 Å². The molecule has 2 fully saturated rings. The maximum atomic E-state index is 9.61. The minimum atomic E-state index is -0.274. The predicted molar refractivity (Wildman–Crippen MR) is 61.0 cm³/mol. The van der Waals surface area contributed by atoms with Crippen LogP contribution in [0, 0.1) is 5.41 Å². The minimum Gasteiger partial charge on any atom is -0.379 e. The summed E-state index contributed by atoms with van der Waals surface area (Å²) in [5, 5.41) is 16.1. The molecule has 0 bridgehead atoms. The van der Waals surface area contributed by atoms with Crippen LogP contribution in [0.2, 0.25) is 0 Å².